The van der Waals surface area contributed by atoms with Gasteiger partial charge in [0.05, 0.1) is 18.6 Å². The summed E-state index contributed by atoms with van der Waals surface area (Å²) in [7, 11) is 1.23. The molecule has 1 atom stereocenters. The van der Waals surface area contributed by atoms with Crippen LogP contribution in [0.2, 0.25) is 0 Å². The molecule has 1 unspecified atom stereocenters. The first-order valence-corrected chi connectivity index (χ1v) is 5.72. The number of hydrogen-bond donors (Lipinski definition) is 2. The van der Waals surface area contributed by atoms with Crippen LogP contribution in [0.15, 0.2) is 12.1 Å². The molecule has 1 aromatic rings. The van der Waals surface area contributed by atoms with Crippen LogP contribution in [0, 0.1) is 6.92 Å². The molecule has 0 saturated heterocycles. The lowest BCUT2D eigenvalue weighted by Gasteiger charge is -2.21. The zero-order chi connectivity index (χ0) is 14.8. The summed E-state index contributed by atoms with van der Waals surface area (Å²) < 4.78 is 32.1. The summed E-state index contributed by atoms with van der Waals surface area (Å²) in [5, 5.41) is 9.11. The number of carboxylic acids is 1. The Bertz CT molecular complexity index is 484. The van der Waals surface area contributed by atoms with E-state index in [2.05, 4.69) is 0 Å². The molecule has 0 spiro atoms. The Labute approximate surface area is 110 Å². The number of aliphatic carboxylic acids is 1. The van der Waals surface area contributed by atoms with Gasteiger partial charge in [0.2, 0.25) is 0 Å². The number of alkyl halides is 2. The summed E-state index contributed by atoms with van der Waals surface area (Å²) in [6.45, 7) is 2.17. The fourth-order valence-electron chi connectivity index (χ4n) is 1.97. The SMILES string of the molecule is COc1c(C(CN)C(=O)O)cc(C)cc1C(C)(F)F. The van der Waals surface area contributed by atoms with Crippen molar-refractivity contribution < 1.29 is 23.4 Å². The number of hydrogen-bond acceptors (Lipinski definition) is 3. The lowest BCUT2D eigenvalue weighted by atomic mass is 9.92. The Morgan fingerprint density at radius 3 is 2.47 bits per heavy atom. The molecule has 0 bridgehead atoms. The molecular formula is C13H17F2NO3. The fraction of sp³-hybridized carbons (Fsp3) is 0.462. The normalized spacial score (nSPS) is 13.2. The minimum atomic E-state index is -3.12. The van der Waals surface area contributed by atoms with Crippen LogP contribution >= 0.6 is 0 Å². The van der Waals surface area contributed by atoms with E-state index in [1.54, 1.807) is 6.92 Å². The smallest absolute Gasteiger partial charge is 0.312 e. The second kappa shape index (κ2) is 5.52. The lowest BCUT2D eigenvalue weighted by Crippen LogP contribution is -2.23. The Morgan fingerprint density at radius 2 is 2.11 bits per heavy atom. The van der Waals surface area contributed by atoms with E-state index in [0.717, 1.165) is 6.92 Å². The molecule has 0 saturated carbocycles. The van der Waals surface area contributed by atoms with Gasteiger partial charge in [0, 0.05) is 19.0 Å². The fourth-order valence-corrected chi connectivity index (χ4v) is 1.97. The summed E-state index contributed by atoms with van der Waals surface area (Å²) in [6.07, 6.45) is 0. The van der Waals surface area contributed by atoms with E-state index in [1.165, 1.54) is 19.2 Å². The molecule has 0 aliphatic carbocycles. The van der Waals surface area contributed by atoms with Crippen molar-refractivity contribution in [2.75, 3.05) is 13.7 Å². The lowest BCUT2D eigenvalue weighted by molar-refractivity contribution is -0.138. The number of halogens is 2. The monoisotopic (exact) mass is 273 g/mol. The van der Waals surface area contributed by atoms with Crippen LogP contribution in [0.4, 0.5) is 8.78 Å². The maximum absolute atomic E-state index is 13.6. The van der Waals surface area contributed by atoms with E-state index in [9.17, 15) is 13.6 Å². The van der Waals surface area contributed by atoms with Gasteiger partial charge in [-0.1, -0.05) is 11.6 Å². The summed E-state index contributed by atoms with van der Waals surface area (Å²) >= 11 is 0. The molecule has 1 rings (SSSR count). The van der Waals surface area contributed by atoms with Crippen LogP contribution in [0.1, 0.15) is 29.5 Å². The van der Waals surface area contributed by atoms with Crippen molar-refractivity contribution in [3.63, 3.8) is 0 Å². The highest BCUT2D eigenvalue weighted by Gasteiger charge is 2.33. The van der Waals surface area contributed by atoms with Crippen LogP contribution in [0.25, 0.3) is 0 Å². The molecule has 0 aliphatic rings. The maximum Gasteiger partial charge on any atom is 0.312 e. The van der Waals surface area contributed by atoms with Crippen molar-refractivity contribution >= 4 is 5.97 Å². The Kier molecular flexibility index (Phi) is 4.47. The van der Waals surface area contributed by atoms with Crippen molar-refractivity contribution in [2.45, 2.75) is 25.7 Å². The van der Waals surface area contributed by atoms with E-state index in [0.29, 0.717) is 5.56 Å². The first-order valence-electron chi connectivity index (χ1n) is 5.72. The first kappa shape index (κ1) is 15.4. The predicted octanol–water partition coefficient (Wildman–Crippen LogP) is 2.24. The number of carbonyl (C=O) groups is 1. The van der Waals surface area contributed by atoms with Crippen LogP contribution < -0.4 is 10.5 Å². The van der Waals surface area contributed by atoms with Crippen LogP contribution in [0.3, 0.4) is 0 Å². The summed E-state index contributed by atoms with van der Waals surface area (Å²) in [4.78, 5) is 11.1. The standard InChI is InChI=1S/C13H17F2NO3/c1-7-4-8(9(6-16)12(17)18)11(19-3)10(5-7)13(2,14)15/h4-5,9H,6,16H2,1-3H3,(H,17,18). The van der Waals surface area contributed by atoms with Gasteiger partial charge >= 0.3 is 5.97 Å². The van der Waals surface area contributed by atoms with E-state index in [1.807, 2.05) is 0 Å². The highest BCUT2D eigenvalue weighted by atomic mass is 19.3. The summed E-state index contributed by atoms with van der Waals surface area (Å²) in [6, 6.07) is 2.80. The minimum absolute atomic E-state index is 0.115. The van der Waals surface area contributed by atoms with Gasteiger partial charge < -0.3 is 15.6 Å². The molecule has 1 aromatic carbocycles. The number of nitrogens with two attached hydrogens (primary N) is 1. The maximum atomic E-state index is 13.6. The first-order chi connectivity index (χ1) is 8.72. The quantitative estimate of drug-likeness (QED) is 0.863. The number of carboxylic acid groups (broad SMARTS) is 1. The van der Waals surface area contributed by atoms with Crippen molar-refractivity contribution in [1.82, 2.24) is 0 Å². The number of rotatable bonds is 5. The second-order valence-electron chi connectivity index (χ2n) is 4.45. The van der Waals surface area contributed by atoms with E-state index in [-0.39, 0.29) is 23.4 Å². The van der Waals surface area contributed by atoms with Crippen molar-refractivity contribution in [3.05, 3.63) is 28.8 Å². The minimum Gasteiger partial charge on any atom is -0.496 e. The average molecular weight is 273 g/mol. The molecule has 19 heavy (non-hydrogen) atoms. The highest BCUT2D eigenvalue weighted by Crippen LogP contribution is 2.40. The van der Waals surface area contributed by atoms with Gasteiger partial charge in [-0.05, 0) is 13.0 Å². The highest BCUT2D eigenvalue weighted by molar-refractivity contribution is 5.78. The third-order valence-electron chi connectivity index (χ3n) is 2.85. The van der Waals surface area contributed by atoms with Gasteiger partial charge in [0.25, 0.3) is 5.92 Å². The molecular weight excluding hydrogens is 256 g/mol. The third-order valence-corrected chi connectivity index (χ3v) is 2.85. The molecule has 0 heterocycles. The van der Waals surface area contributed by atoms with Crippen LogP contribution in [0.5, 0.6) is 5.75 Å². The van der Waals surface area contributed by atoms with Crippen LogP contribution in [-0.2, 0) is 10.7 Å². The van der Waals surface area contributed by atoms with Gasteiger partial charge in [-0.15, -0.1) is 0 Å². The molecule has 0 amide bonds. The molecule has 0 radical (unpaired) electrons. The zero-order valence-corrected chi connectivity index (χ0v) is 11.0. The molecule has 0 aliphatic heterocycles. The van der Waals surface area contributed by atoms with Gasteiger partial charge in [0.15, 0.2) is 0 Å². The zero-order valence-electron chi connectivity index (χ0n) is 11.0. The number of aryl methyl sites for hydroxylation is 1. The van der Waals surface area contributed by atoms with E-state index < -0.39 is 17.8 Å². The number of methoxy groups -OCH3 is 1. The summed E-state index contributed by atoms with van der Waals surface area (Å²) in [5.41, 5.74) is 5.79. The Balaban J connectivity index is 3.56. The molecule has 0 fully saturated rings. The average Bonchev–Trinajstić information content (AvgIpc) is 2.27. The van der Waals surface area contributed by atoms with Gasteiger partial charge in [-0.3, -0.25) is 4.79 Å². The Morgan fingerprint density at radius 1 is 1.53 bits per heavy atom. The molecule has 3 N–H and O–H groups in total. The van der Waals surface area contributed by atoms with Gasteiger partial charge in [-0.2, -0.15) is 0 Å². The third kappa shape index (κ3) is 3.20. The van der Waals surface area contributed by atoms with Gasteiger partial charge in [0.1, 0.15) is 5.75 Å². The molecule has 6 heteroatoms. The number of benzene rings is 1. The van der Waals surface area contributed by atoms with Gasteiger partial charge in [-0.25, -0.2) is 8.78 Å². The van der Waals surface area contributed by atoms with Crippen molar-refractivity contribution in [2.24, 2.45) is 5.73 Å². The van der Waals surface area contributed by atoms with E-state index >= 15 is 0 Å². The summed E-state index contributed by atoms with van der Waals surface area (Å²) in [5.74, 6) is -5.48. The molecule has 106 valence electrons. The largest absolute Gasteiger partial charge is 0.496 e. The Hall–Kier alpha value is -1.69. The topological polar surface area (TPSA) is 72.5 Å². The van der Waals surface area contributed by atoms with Crippen molar-refractivity contribution in [1.29, 1.82) is 0 Å². The molecule has 0 aromatic heterocycles. The van der Waals surface area contributed by atoms with Crippen LogP contribution in [-0.4, -0.2) is 24.7 Å². The second-order valence-corrected chi connectivity index (χ2v) is 4.45. The number of ether oxygens (including phenoxy) is 1. The molecule has 4 nitrogen and oxygen atoms in total. The van der Waals surface area contributed by atoms with Crippen molar-refractivity contribution in [3.8, 4) is 5.75 Å². The predicted molar refractivity (Wildman–Crippen MR) is 66.7 cm³/mol. The van der Waals surface area contributed by atoms with E-state index in [4.69, 9.17) is 15.6 Å².